The van der Waals surface area contributed by atoms with Crippen molar-refractivity contribution >= 4 is 62.1 Å². The highest BCUT2D eigenvalue weighted by Gasteiger charge is 2.24. The molecule has 0 atom stereocenters. The van der Waals surface area contributed by atoms with Gasteiger partial charge in [-0.05, 0) is 36.8 Å². The minimum atomic E-state index is -3.76. The van der Waals surface area contributed by atoms with Gasteiger partial charge in [-0.1, -0.05) is 46.9 Å². The number of nitrogens with zero attached hydrogens (tertiary/aromatic N) is 1. The summed E-state index contributed by atoms with van der Waals surface area (Å²) in [5.74, 6) is -0.535. The first-order valence-corrected chi connectivity index (χ1v) is 10.1. The minimum absolute atomic E-state index is 0.0568. The van der Waals surface area contributed by atoms with Crippen molar-refractivity contribution in [3.63, 3.8) is 0 Å². The zero-order valence-electron chi connectivity index (χ0n) is 13.4. The van der Waals surface area contributed by atoms with Crippen molar-refractivity contribution in [1.29, 1.82) is 0 Å². The van der Waals surface area contributed by atoms with E-state index < -0.39 is 22.5 Å². The number of sulfonamides is 1. The van der Waals surface area contributed by atoms with E-state index in [1.807, 2.05) is 0 Å². The van der Waals surface area contributed by atoms with Crippen molar-refractivity contribution in [2.75, 3.05) is 22.4 Å². The molecule has 0 heterocycles. The first-order valence-electron chi connectivity index (χ1n) is 7.07. The van der Waals surface area contributed by atoms with Gasteiger partial charge in [-0.3, -0.25) is 9.10 Å². The lowest BCUT2D eigenvalue weighted by molar-refractivity contribution is -0.114. The van der Waals surface area contributed by atoms with E-state index >= 15 is 0 Å². The van der Waals surface area contributed by atoms with Gasteiger partial charge in [0.2, 0.25) is 15.9 Å². The van der Waals surface area contributed by atoms with Crippen molar-refractivity contribution in [2.45, 2.75) is 6.92 Å². The van der Waals surface area contributed by atoms with Gasteiger partial charge in [0.25, 0.3) is 0 Å². The lowest BCUT2D eigenvalue weighted by Crippen LogP contribution is -2.37. The molecule has 0 aliphatic heterocycles. The molecule has 0 aromatic heterocycles. The summed E-state index contributed by atoms with van der Waals surface area (Å²) in [4.78, 5) is 12.4. The summed E-state index contributed by atoms with van der Waals surface area (Å²) in [6, 6.07) is 9.60. The fraction of sp³-hybridized carbons (Fsp3) is 0.188. The molecule has 0 radical (unpaired) electrons. The highest BCUT2D eigenvalue weighted by molar-refractivity contribution is 7.92. The number of nitrogens with one attached hydrogen (secondary N) is 1. The summed E-state index contributed by atoms with van der Waals surface area (Å²) in [6.45, 7) is 1.35. The number of rotatable bonds is 5. The topological polar surface area (TPSA) is 66.5 Å². The fourth-order valence-electron chi connectivity index (χ4n) is 2.12. The predicted molar refractivity (Wildman–Crippen MR) is 103 cm³/mol. The van der Waals surface area contributed by atoms with Crippen LogP contribution in [0.25, 0.3) is 0 Å². The Morgan fingerprint density at radius 2 is 1.84 bits per heavy atom. The first-order chi connectivity index (χ1) is 11.6. The van der Waals surface area contributed by atoms with E-state index in [-0.39, 0.29) is 15.7 Å². The molecule has 0 aliphatic carbocycles. The number of halogens is 3. The Balaban J connectivity index is 2.30. The molecule has 0 saturated carbocycles. The molecule has 5 nitrogen and oxygen atoms in total. The highest BCUT2D eigenvalue weighted by Crippen LogP contribution is 2.33. The van der Waals surface area contributed by atoms with Crippen molar-refractivity contribution in [3.05, 3.63) is 57.0 Å². The third kappa shape index (κ3) is 5.01. The molecule has 0 spiro atoms. The highest BCUT2D eigenvalue weighted by atomic mass is 35.5. The van der Waals surface area contributed by atoms with E-state index in [4.69, 9.17) is 34.8 Å². The third-order valence-electron chi connectivity index (χ3n) is 3.36. The largest absolute Gasteiger partial charge is 0.324 e. The average molecular weight is 422 g/mol. The number of aryl methyl sites for hydroxylation is 1. The maximum atomic E-state index is 12.4. The summed E-state index contributed by atoms with van der Waals surface area (Å²) in [5, 5.41) is 3.36. The molecule has 9 heteroatoms. The van der Waals surface area contributed by atoms with Crippen LogP contribution in [0, 0.1) is 6.92 Å². The van der Waals surface area contributed by atoms with Gasteiger partial charge in [-0.2, -0.15) is 0 Å². The molecule has 134 valence electrons. The van der Waals surface area contributed by atoms with Crippen LogP contribution in [0.1, 0.15) is 5.56 Å². The Bertz CT molecular complexity index is 917. The maximum absolute atomic E-state index is 12.4. The number of hydrogen-bond donors (Lipinski definition) is 1. The Kier molecular flexibility index (Phi) is 6.21. The maximum Gasteiger partial charge on any atom is 0.245 e. The molecule has 25 heavy (non-hydrogen) atoms. The molecular formula is C16H15Cl3N2O3S. The van der Waals surface area contributed by atoms with Gasteiger partial charge < -0.3 is 5.32 Å². The van der Waals surface area contributed by atoms with Crippen LogP contribution in [0.2, 0.25) is 15.1 Å². The molecule has 0 bridgehead atoms. The van der Waals surface area contributed by atoms with Gasteiger partial charge in [0.1, 0.15) is 6.54 Å². The molecule has 0 fully saturated rings. The van der Waals surface area contributed by atoms with E-state index in [2.05, 4.69) is 5.32 Å². The molecule has 2 aromatic carbocycles. The first kappa shape index (κ1) is 19.8. The second-order valence-corrected chi connectivity index (χ2v) is 8.48. The monoisotopic (exact) mass is 420 g/mol. The van der Waals surface area contributed by atoms with Gasteiger partial charge in [0, 0.05) is 10.7 Å². The Labute approximate surface area is 161 Å². The Morgan fingerprint density at radius 1 is 1.16 bits per heavy atom. The molecule has 2 rings (SSSR count). The summed E-state index contributed by atoms with van der Waals surface area (Å²) < 4.78 is 25.2. The Hall–Kier alpha value is -1.47. The van der Waals surface area contributed by atoms with E-state index in [0.717, 1.165) is 16.1 Å². The van der Waals surface area contributed by atoms with Crippen LogP contribution in [0.5, 0.6) is 0 Å². The number of carbonyl (C=O) groups excluding carboxylic acids is 1. The van der Waals surface area contributed by atoms with E-state index in [1.54, 1.807) is 31.2 Å². The quantitative estimate of drug-likeness (QED) is 0.780. The second-order valence-electron chi connectivity index (χ2n) is 5.35. The summed E-state index contributed by atoms with van der Waals surface area (Å²) in [7, 11) is -3.76. The molecule has 2 aromatic rings. The molecule has 0 aliphatic rings. The smallest absolute Gasteiger partial charge is 0.245 e. The Morgan fingerprint density at radius 3 is 2.48 bits per heavy atom. The van der Waals surface area contributed by atoms with Gasteiger partial charge in [0.05, 0.1) is 22.0 Å². The third-order valence-corrected chi connectivity index (χ3v) is 5.53. The molecule has 1 N–H and O–H groups in total. The van der Waals surface area contributed by atoms with Crippen LogP contribution >= 0.6 is 34.8 Å². The van der Waals surface area contributed by atoms with Crippen molar-refractivity contribution in [3.8, 4) is 0 Å². The normalized spacial score (nSPS) is 11.2. The van der Waals surface area contributed by atoms with Gasteiger partial charge >= 0.3 is 0 Å². The molecule has 0 saturated heterocycles. The zero-order chi connectivity index (χ0) is 18.8. The van der Waals surface area contributed by atoms with Crippen molar-refractivity contribution in [1.82, 2.24) is 0 Å². The minimum Gasteiger partial charge on any atom is -0.324 e. The van der Waals surface area contributed by atoms with E-state index in [1.165, 1.54) is 12.1 Å². The predicted octanol–water partition coefficient (Wildman–Crippen LogP) is 4.36. The lowest BCUT2D eigenvalue weighted by Gasteiger charge is -2.23. The van der Waals surface area contributed by atoms with E-state index in [0.29, 0.717) is 10.7 Å². The van der Waals surface area contributed by atoms with Crippen LogP contribution in [-0.2, 0) is 14.8 Å². The number of benzene rings is 2. The lowest BCUT2D eigenvalue weighted by atomic mass is 10.2. The van der Waals surface area contributed by atoms with Crippen LogP contribution in [-0.4, -0.2) is 27.1 Å². The zero-order valence-corrected chi connectivity index (χ0v) is 16.5. The van der Waals surface area contributed by atoms with E-state index in [9.17, 15) is 13.2 Å². The van der Waals surface area contributed by atoms with Crippen LogP contribution in [0.15, 0.2) is 36.4 Å². The second kappa shape index (κ2) is 7.83. The van der Waals surface area contributed by atoms with Crippen LogP contribution in [0.3, 0.4) is 0 Å². The van der Waals surface area contributed by atoms with Gasteiger partial charge in [-0.15, -0.1) is 0 Å². The fourth-order valence-corrected chi connectivity index (χ4v) is 3.60. The molecule has 1 amide bonds. The summed E-state index contributed by atoms with van der Waals surface area (Å²) >= 11 is 18.0. The number of hydrogen-bond acceptors (Lipinski definition) is 3. The number of amides is 1. The summed E-state index contributed by atoms with van der Waals surface area (Å²) in [5.41, 5.74) is 1.43. The average Bonchev–Trinajstić information content (AvgIpc) is 2.51. The van der Waals surface area contributed by atoms with Crippen LogP contribution < -0.4 is 9.62 Å². The number of carbonyl (C=O) groups is 1. The number of anilines is 2. The van der Waals surface area contributed by atoms with Gasteiger partial charge in [-0.25, -0.2) is 8.42 Å². The summed E-state index contributed by atoms with van der Waals surface area (Å²) in [6.07, 6.45) is 0.988. The molecule has 0 unspecified atom stereocenters. The van der Waals surface area contributed by atoms with Crippen molar-refractivity contribution < 1.29 is 13.2 Å². The standard InChI is InChI=1S/C16H15Cl3N2O3S/c1-10-6-7-11(17)8-13(10)20-15(22)9-21(25(2,23)24)14-5-3-4-12(18)16(14)19/h3-8H,9H2,1-2H3,(H,20,22). The van der Waals surface area contributed by atoms with Crippen LogP contribution in [0.4, 0.5) is 11.4 Å². The molecular weight excluding hydrogens is 407 g/mol. The van der Waals surface area contributed by atoms with Crippen molar-refractivity contribution in [2.24, 2.45) is 0 Å². The SMILES string of the molecule is Cc1ccc(Cl)cc1NC(=O)CN(c1cccc(Cl)c1Cl)S(C)(=O)=O. The van der Waals surface area contributed by atoms with Gasteiger partial charge in [0.15, 0.2) is 0 Å².